The van der Waals surface area contributed by atoms with Crippen LogP contribution >= 0.6 is 0 Å². The molecule has 0 saturated heterocycles. The predicted molar refractivity (Wildman–Crippen MR) is 100 cm³/mol. The van der Waals surface area contributed by atoms with Gasteiger partial charge in [0.25, 0.3) is 0 Å². The number of aliphatic hydroxyl groups excluding tert-OH is 1. The Morgan fingerprint density at radius 2 is 1.31 bits per heavy atom. The third-order valence-corrected chi connectivity index (χ3v) is 4.54. The van der Waals surface area contributed by atoms with Gasteiger partial charge in [-0.1, -0.05) is 53.4 Å². The number of hydrogen-bond donors (Lipinski definition) is 2. The lowest BCUT2D eigenvalue weighted by molar-refractivity contribution is -0.318. The minimum Gasteiger partial charge on any atom is -0.503 e. The Labute approximate surface area is 157 Å². The first-order chi connectivity index (χ1) is 12.3. The largest absolute Gasteiger partial charge is 0.503 e. The molecule has 0 aromatic rings. The van der Waals surface area contributed by atoms with Crippen LogP contribution in [0.5, 0.6) is 0 Å². The molecule has 2 N–H and O–H groups in total. The number of rotatable bonds is 13. The van der Waals surface area contributed by atoms with Crippen LogP contribution in [0, 0.1) is 11.8 Å². The summed E-state index contributed by atoms with van der Waals surface area (Å²) in [6.45, 7) is 9.18. The highest BCUT2D eigenvalue weighted by atomic mass is 16.8. The number of carbonyl (C=O) groups is 2. The minimum absolute atomic E-state index is 0.424. The highest BCUT2D eigenvalue weighted by Gasteiger charge is 2.43. The Hall–Kier alpha value is -1.56. The van der Waals surface area contributed by atoms with Crippen molar-refractivity contribution in [1.82, 2.24) is 0 Å². The molecule has 0 radical (unpaired) electrons. The quantitative estimate of drug-likeness (QED) is 0.278. The van der Waals surface area contributed by atoms with E-state index < -0.39 is 35.5 Å². The first kappa shape index (κ1) is 24.4. The standard InChI is InChI=1S/C20H36O6/c1-6-11-13-15(8-3)18(22)25-20(24,17(21)10-5)26-19(23)16(9-4)14-12-7-2/h10,15-16,21,24H,6-9,11-14H2,1-5H3. The molecule has 6 heteroatoms. The highest BCUT2D eigenvalue weighted by Crippen LogP contribution is 2.26. The highest BCUT2D eigenvalue weighted by molar-refractivity contribution is 5.75. The second-order valence-corrected chi connectivity index (χ2v) is 6.59. The van der Waals surface area contributed by atoms with Gasteiger partial charge in [-0.25, -0.2) is 0 Å². The van der Waals surface area contributed by atoms with Crippen LogP contribution in [0.4, 0.5) is 0 Å². The lowest BCUT2D eigenvalue weighted by Gasteiger charge is -2.29. The number of allylic oxidation sites excluding steroid dienone is 1. The second kappa shape index (κ2) is 12.7. The van der Waals surface area contributed by atoms with Crippen LogP contribution in [0.15, 0.2) is 11.8 Å². The fraction of sp³-hybridized carbons (Fsp3) is 0.800. The summed E-state index contributed by atoms with van der Waals surface area (Å²) in [5, 5.41) is 20.5. The normalized spacial score (nSPS) is 16.5. The average molecular weight is 373 g/mol. The molecule has 0 aromatic heterocycles. The molecule has 26 heavy (non-hydrogen) atoms. The number of carbonyl (C=O) groups excluding carboxylic acids is 2. The van der Waals surface area contributed by atoms with Crippen molar-refractivity contribution in [3.8, 4) is 0 Å². The van der Waals surface area contributed by atoms with E-state index in [-0.39, 0.29) is 0 Å². The molecule has 0 aliphatic rings. The maximum Gasteiger partial charge on any atom is 0.436 e. The van der Waals surface area contributed by atoms with Crippen molar-refractivity contribution in [3.05, 3.63) is 11.8 Å². The van der Waals surface area contributed by atoms with E-state index in [0.717, 1.165) is 31.8 Å². The Balaban J connectivity index is 5.25. The third-order valence-electron chi connectivity index (χ3n) is 4.54. The van der Waals surface area contributed by atoms with Crippen molar-refractivity contribution in [1.29, 1.82) is 0 Å². The monoisotopic (exact) mass is 372 g/mol. The Kier molecular flexibility index (Phi) is 12.0. The molecule has 0 rings (SSSR count). The van der Waals surface area contributed by atoms with Crippen LogP contribution in [0.3, 0.4) is 0 Å². The smallest absolute Gasteiger partial charge is 0.436 e. The van der Waals surface area contributed by atoms with E-state index in [1.165, 1.54) is 6.92 Å². The van der Waals surface area contributed by atoms with Crippen molar-refractivity contribution in [2.45, 2.75) is 92.0 Å². The Morgan fingerprint density at radius 3 is 1.58 bits per heavy atom. The van der Waals surface area contributed by atoms with Crippen molar-refractivity contribution in [2.75, 3.05) is 0 Å². The Morgan fingerprint density at radius 1 is 0.923 bits per heavy atom. The van der Waals surface area contributed by atoms with Crippen LogP contribution in [0.2, 0.25) is 0 Å². The van der Waals surface area contributed by atoms with E-state index in [9.17, 15) is 19.8 Å². The molecule has 152 valence electrons. The molecule has 0 amide bonds. The summed E-state index contributed by atoms with van der Waals surface area (Å²) in [6.07, 6.45) is 6.98. The molecule has 0 bridgehead atoms. The zero-order valence-electron chi connectivity index (χ0n) is 16.9. The van der Waals surface area contributed by atoms with Crippen LogP contribution in [-0.2, 0) is 19.1 Å². The molecule has 0 fully saturated rings. The third kappa shape index (κ3) is 7.77. The summed E-state index contributed by atoms with van der Waals surface area (Å²) in [6, 6.07) is 0. The summed E-state index contributed by atoms with van der Waals surface area (Å²) in [4.78, 5) is 24.8. The maximum atomic E-state index is 12.4. The number of hydrogen-bond acceptors (Lipinski definition) is 6. The van der Waals surface area contributed by atoms with Gasteiger partial charge in [0, 0.05) is 0 Å². The van der Waals surface area contributed by atoms with Crippen LogP contribution in [0.1, 0.15) is 86.0 Å². The molecule has 0 spiro atoms. The molecule has 0 heterocycles. The maximum absolute atomic E-state index is 12.4. The van der Waals surface area contributed by atoms with Gasteiger partial charge < -0.3 is 19.7 Å². The lowest BCUT2D eigenvalue weighted by Crippen LogP contribution is -2.44. The van der Waals surface area contributed by atoms with Crippen molar-refractivity contribution >= 4 is 11.9 Å². The van der Waals surface area contributed by atoms with Gasteiger partial charge in [-0.3, -0.25) is 9.59 Å². The number of aliphatic hydroxyl groups is 2. The van der Waals surface area contributed by atoms with Gasteiger partial charge >= 0.3 is 17.9 Å². The summed E-state index contributed by atoms with van der Waals surface area (Å²) in [5.41, 5.74) is 0. The molecule has 0 aromatic carbocycles. The van der Waals surface area contributed by atoms with Gasteiger partial charge in [0.2, 0.25) is 5.76 Å². The minimum atomic E-state index is -2.78. The zero-order valence-corrected chi connectivity index (χ0v) is 16.9. The van der Waals surface area contributed by atoms with E-state index in [0.29, 0.717) is 25.7 Å². The zero-order chi connectivity index (χ0) is 20.2. The number of unbranched alkanes of at least 4 members (excludes halogenated alkanes) is 2. The van der Waals surface area contributed by atoms with Gasteiger partial charge in [-0.15, -0.1) is 0 Å². The van der Waals surface area contributed by atoms with Crippen molar-refractivity contribution in [3.63, 3.8) is 0 Å². The first-order valence-corrected chi connectivity index (χ1v) is 9.83. The summed E-state index contributed by atoms with van der Waals surface area (Å²) in [7, 11) is 0. The molecule has 2 atom stereocenters. The molecule has 0 aliphatic carbocycles. The van der Waals surface area contributed by atoms with Gasteiger partial charge in [-0.05, 0) is 38.7 Å². The van der Waals surface area contributed by atoms with Gasteiger partial charge in [-0.2, -0.15) is 0 Å². The molecule has 2 unspecified atom stereocenters. The van der Waals surface area contributed by atoms with E-state index in [1.54, 1.807) is 0 Å². The SMILES string of the molecule is CC=C(O)C(O)(OC(=O)C(CC)CCCC)OC(=O)C(CC)CCCC. The van der Waals surface area contributed by atoms with Gasteiger partial charge in [0.15, 0.2) is 0 Å². The molecule has 0 saturated carbocycles. The first-order valence-electron chi connectivity index (χ1n) is 9.83. The molecular weight excluding hydrogens is 336 g/mol. The number of esters is 2. The average Bonchev–Trinajstić information content (AvgIpc) is 2.61. The van der Waals surface area contributed by atoms with Crippen molar-refractivity contribution in [2.24, 2.45) is 11.8 Å². The van der Waals surface area contributed by atoms with Crippen LogP contribution < -0.4 is 0 Å². The van der Waals surface area contributed by atoms with E-state index in [2.05, 4.69) is 0 Å². The lowest BCUT2D eigenvalue weighted by atomic mass is 9.99. The fourth-order valence-electron chi connectivity index (χ4n) is 2.63. The van der Waals surface area contributed by atoms with Gasteiger partial charge in [0.05, 0.1) is 11.8 Å². The van der Waals surface area contributed by atoms with Gasteiger partial charge in [0.1, 0.15) is 0 Å². The van der Waals surface area contributed by atoms with Crippen LogP contribution in [-0.4, -0.2) is 28.1 Å². The predicted octanol–water partition coefficient (Wildman–Crippen LogP) is 4.61. The molecule has 0 aliphatic heterocycles. The van der Waals surface area contributed by atoms with Crippen LogP contribution in [0.25, 0.3) is 0 Å². The Bertz CT molecular complexity index is 427. The molecule has 6 nitrogen and oxygen atoms in total. The number of ether oxygens (including phenoxy) is 2. The molecular formula is C20H36O6. The van der Waals surface area contributed by atoms with E-state index in [1.807, 2.05) is 27.7 Å². The fourth-order valence-corrected chi connectivity index (χ4v) is 2.63. The summed E-state index contributed by atoms with van der Waals surface area (Å²) < 4.78 is 10.1. The van der Waals surface area contributed by atoms with E-state index >= 15 is 0 Å². The van der Waals surface area contributed by atoms with E-state index in [4.69, 9.17) is 9.47 Å². The second-order valence-electron chi connectivity index (χ2n) is 6.59. The summed E-state index contributed by atoms with van der Waals surface area (Å²) in [5.74, 6) is -5.71. The summed E-state index contributed by atoms with van der Waals surface area (Å²) >= 11 is 0. The van der Waals surface area contributed by atoms with Crippen molar-refractivity contribution < 1.29 is 29.3 Å². The topological polar surface area (TPSA) is 93.1 Å².